The number of carbonyl (C=O) groups excluding carboxylic acids is 1. The van der Waals surface area contributed by atoms with Crippen LogP contribution in [-0.2, 0) is 33.7 Å². The lowest BCUT2D eigenvalue weighted by molar-refractivity contribution is -0.142. The van der Waals surface area contributed by atoms with Gasteiger partial charge in [-0.2, -0.15) is 13.2 Å². The molecule has 0 saturated carbocycles. The summed E-state index contributed by atoms with van der Waals surface area (Å²) in [4.78, 5) is 10.8. The van der Waals surface area contributed by atoms with Crippen molar-refractivity contribution in [2.45, 2.75) is 33.1 Å². The molecule has 0 aliphatic carbocycles. The normalized spacial score (nSPS) is 12.6. The van der Waals surface area contributed by atoms with Crippen molar-refractivity contribution in [3.63, 3.8) is 0 Å². The number of benzene rings is 1. The molecule has 1 unspecified atom stereocenters. The molecule has 23 heavy (non-hydrogen) atoms. The third-order valence-corrected chi connectivity index (χ3v) is 2.78. The zero-order valence-corrected chi connectivity index (χ0v) is 13.1. The summed E-state index contributed by atoms with van der Waals surface area (Å²) in [6.45, 7) is 2.47. The number of halogens is 3. The molecule has 1 aromatic carbocycles. The van der Waals surface area contributed by atoms with E-state index in [2.05, 4.69) is 8.92 Å². The Bertz CT molecular complexity index is 588. The van der Waals surface area contributed by atoms with Crippen molar-refractivity contribution in [2.75, 3.05) is 6.61 Å². The first-order valence-corrected chi connectivity index (χ1v) is 7.43. The standard InChI is InChI=1S/C13H15F3O6S/c1-3-4-20-11-6-9(7-21-8(2)17)5-10(13(14,15)16)12(11)22-23(18)19/h5-6H,3-4,7H2,1-2H3,(H,18,19)/p-1. The van der Waals surface area contributed by atoms with E-state index in [-0.39, 0.29) is 12.2 Å². The highest BCUT2D eigenvalue weighted by atomic mass is 32.2. The number of ether oxygens (including phenoxy) is 2. The first-order chi connectivity index (χ1) is 10.6. The Morgan fingerprint density at radius 3 is 2.48 bits per heavy atom. The smallest absolute Gasteiger partial charge is 0.420 e. The number of hydrogen-bond donors (Lipinski definition) is 0. The van der Waals surface area contributed by atoms with E-state index in [1.54, 1.807) is 6.92 Å². The van der Waals surface area contributed by atoms with Gasteiger partial charge in [0.2, 0.25) is 0 Å². The van der Waals surface area contributed by atoms with Crippen LogP contribution in [0.4, 0.5) is 13.2 Å². The van der Waals surface area contributed by atoms with Gasteiger partial charge in [-0.25, -0.2) is 4.21 Å². The second kappa shape index (κ2) is 8.16. The fourth-order valence-corrected chi connectivity index (χ4v) is 1.92. The topological polar surface area (TPSA) is 84.9 Å². The molecular weight excluding hydrogens is 341 g/mol. The molecule has 0 spiro atoms. The number of alkyl halides is 3. The van der Waals surface area contributed by atoms with E-state index in [9.17, 15) is 26.7 Å². The molecule has 10 heteroatoms. The van der Waals surface area contributed by atoms with Crippen LogP contribution in [0.25, 0.3) is 0 Å². The zero-order chi connectivity index (χ0) is 17.6. The van der Waals surface area contributed by atoms with Crippen molar-refractivity contribution in [1.29, 1.82) is 0 Å². The molecule has 1 aromatic rings. The molecule has 0 bridgehead atoms. The van der Waals surface area contributed by atoms with Crippen molar-refractivity contribution in [3.8, 4) is 11.5 Å². The highest BCUT2D eigenvalue weighted by Gasteiger charge is 2.37. The molecule has 130 valence electrons. The van der Waals surface area contributed by atoms with E-state index < -0.39 is 47.2 Å². The molecule has 1 rings (SSSR count). The van der Waals surface area contributed by atoms with Crippen molar-refractivity contribution in [3.05, 3.63) is 23.3 Å². The zero-order valence-electron chi connectivity index (χ0n) is 12.3. The van der Waals surface area contributed by atoms with Gasteiger partial charge in [-0.15, -0.1) is 0 Å². The molecule has 0 amide bonds. The van der Waals surface area contributed by atoms with Crippen molar-refractivity contribution in [1.82, 2.24) is 0 Å². The third kappa shape index (κ3) is 6.06. The van der Waals surface area contributed by atoms with Crippen molar-refractivity contribution >= 4 is 17.3 Å². The maximum Gasteiger partial charge on any atom is 0.420 e. The number of rotatable bonds is 7. The minimum absolute atomic E-state index is 0.0114. The lowest BCUT2D eigenvalue weighted by Gasteiger charge is -2.19. The van der Waals surface area contributed by atoms with Gasteiger partial charge in [0, 0.05) is 6.92 Å². The van der Waals surface area contributed by atoms with Crippen LogP contribution in [0.3, 0.4) is 0 Å². The Morgan fingerprint density at radius 1 is 1.35 bits per heavy atom. The van der Waals surface area contributed by atoms with Gasteiger partial charge in [-0.1, -0.05) is 6.92 Å². The highest BCUT2D eigenvalue weighted by Crippen LogP contribution is 2.43. The summed E-state index contributed by atoms with van der Waals surface area (Å²) in [6, 6.07) is 1.78. The molecule has 0 fully saturated rings. The fourth-order valence-electron chi connectivity index (χ4n) is 1.61. The molecule has 0 saturated heterocycles. The lowest BCUT2D eigenvalue weighted by atomic mass is 10.1. The summed E-state index contributed by atoms with van der Waals surface area (Å²) in [6.07, 6.45) is -4.40. The summed E-state index contributed by atoms with van der Waals surface area (Å²) in [7, 11) is 0. The van der Waals surface area contributed by atoms with Gasteiger partial charge in [0.1, 0.15) is 23.5 Å². The Hall–Kier alpha value is -1.81. The molecule has 1 atom stereocenters. The SMILES string of the molecule is CCCOc1cc(COC(C)=O)cc(C(F)(F)F)c1OS(=O)[O-]. The maximum atomic E-state index is 13.1. The van der Waals surface area contributed by atoms with Crippen molar-refractivity contribution in [2.24, 2.45) is 0 Å². The predicted octanol–water partition coefficient (Wildman–Crippen LogP) is 2.73. The van der Waals surface area contributed by atoms with E-state index in [0.29, 0.717) is 12.5 Å². The van der Waals surface area contributed by atoms with Gasteiger partial charge in [-0.05, 0) is 24.1 Å². The van der Waals surface area contributed by atoms with E-state index in [0.717, 1.165) is 13.0 Å². The maximum absolute atomic E-state index is 13.1. The molecular formula is C13H14F3O6S-. The van der Waals surface area contributed by atoms with Crippen LogP contribution < -0.4 is 8.92 Å². The van der Waals surface area contributed by atoms with Crippen LogP contribution >= 0.6 is 0 Å². The van der Waals surface area contributed by atoms with Crippen molar-refractivity contribution < 1.29 is 40.4 Å². The van der Waals surface area contributed by atoms with E-state index in [1.165, 1.54) is 0 Å². The van der Waals surface area contributed by atoms with E-state index >= 15 is 0 Å². The molecule has 0 radical (unpaired) electrons. The first kappa shape index (κ1) is 19.2. The quantitative estimate of drug-likeness (QED) is 0.552. The highest BCUT2D eigenvalue weighted by molar-refractivity contribution is 7.74. The van der Waals surface area contributed by atoms with Crippen LogP contribution in [0.2, 0.25) is 0 Å². The summed E-state index contributed by atoms with van der Waals surface area (Å²) < 4.78 is 74.8. The van der Waals surface area contributed by atoms with Gasteiger partial charge in [0.05, 0.1) is 6.61 Å². The van der Waals surface area contributed by atoms with Crippen LogP contribution in [0.5, 0.6) is 11.5 Å². The molecule has 0 aliphatic heterocycles. The van der Waals surface area contributed by atoms with Crippen LogP contribution in [0, 0.1) is 0 Å². The average molecular weight is 355 g/mol. The molecule has 0 N–H and O–H groups in total. The monoisotopic (exact) mass is 355 g/mol. The molecule has 0 aromatic heterocycles. The van der Waals surface area contributed by atoms with Gasteiger partial charge >= 0.3 is 12.1 Å². The Balaban J connectivity index is 3.37. The van der Waals surface area contributed by atoms with Crippen LogP contribution in [-0.4, -0.2) is 21.3 Å². The second-order valence-corrected chi connectivity index (χ2v) is 4.96. The summed E-state index contributed by atoms with van der Waals surface area (Å²) in [5, 5.41) is 0. The lowest BCUT2D eigenvalue weighted by Crippen LogP contribution is -2.13. The van der Waals surface area contributed by atoms with Gasteiger partial charge in [-0.3, -0.25) is 4.79 Å². The summed E-state index contributed by atoms with van der Waals surface area (Å²) >= 11 is -3.21. The molecule has 6 nitrogen and oxygen atoms in total. The fraction of sp³-hybridized carbons (Fsp3) is 0.462. The van der Waals surface area contributed by atoms with E-state index in [1.807, 2.05) is 0 Å². The van der Waals surface area contributed by atoms with Gasteiger partial charge in [0.25, 0.3) is 0 Å². The number of esters is 1. The van der Waals surface area contributed by atoms with Gasteiger partial charge < -0.3 is 18.2 Å². The first-order valence-electron chi connectivity index (χ1n) is 6.43. The van der Waals surface area contributed by atoms with Gasteiger partial charge in [0.15, 0.2) is 11.5 Å². The summed E-state index contributed by atoms with van der Waals surface area (Å²) in [5.74, 6) is -2.02. The van der Waals surface area contributed by atoms with E-state index in [4.69, 9.17) is 4.74 Å². The third-order valence-electron chi connectivity index (χ3n) is 2.48. The average Bonchev–Trinajstić information content (AvgIpc) is 2.42. The van der Waals surface area contributed by atoms with Crippen LogP contribution in [0.15, 0.2) is 12.1 Å². The minimum Gasteiger partial charge on any atom is -0.740 e. The second-order valence-electron chi connectivity index (χ2n) is 4.38. The van der Waals surface area contributed by atoms with Crippen LogP contribution in [0.1, 0.15) is 31.4 Å². The summed E-state index contributed by atoms with van der Waals surface area (Å²) in [5.41, 5.74) is -1.35. The largest absolute Gasteiger partial charge is 0.740 e. The molecule has 0 aliphatic rings. The Morgan fingerprint density at radius 2 is 2.00 bits per heavy atom. The molecule has 0 heterocycles. The number of hydrogen-bond acceptors (Lipinski definition) is 6. The minimum atomic E-state index is -4.88. The Kier molecular flexibility index (Phi) is 6.82. The Labute approximate surface area is 133 Å². The number of carbonyl (C=O) groups is 1. The predicted molar refractivity (Wildman–Crippen MR) is 72.2 cm³/mol.